The molecule has 4 rings (SSSR count). The zero-order chi connectivity index (χ0) is 20.4. The first-order chi connectivity index (χ1) is 13.9. The molecule has 1 amide bonds. The molecule has 2 aromatic rings. The number of anilines is 1. The van der Waals surface area contributed by atoms with Gasteiger partial charge in [-0.05, 0) is 63.9 Å². The van der Waals surface area contributed by atoms with Crippen molar-refractivity contribution in [2.45, 2.75) is 38.9 Å². The average Bonchev–Trinajstić information content (AvgIpc) is 3.03. The first kappa shape index (κ1) is 20.7. The highest BCUT2D eigenvalue weighted by Gasteiger charge is 2.27. The molecule has 0 bridgehead atoms. The highest BCUT2D eigenvalue weighted by molar-refractivity contribution is 7.22. The molecule has 2 saturated heterocycles. The van der Waals surface area contributed by atoms with Crippen molar-refractivity contribution in [2.75, 3.05) is 44.6 Å². The number of nitrogens with zero attached hydrogens (tertiary/aromatic N) is 3. The van der Waals surface area contributed by atoms with Crippen LogP contribution in [0.5, 0.6) is 0 Å². The number of thiazole rings is 1. The van der Waals surface area contributed by atoms with Gasteiger partial charge < -0.3 is 10.1 Å². The smallest absolute Gasteiger partial charge is 0.240 e. The number of benzene rings is 1. The second kappa shape index (κ2) is 9.04. The summed E-state index contributed by atoms with van der Waals surface area (Å²) in [7, 11) is 0. The molecular formula is C21H29FN4O2S. The molecule has 2 aliphatic rings. The minimum absolute atomic E-state index is 0.0567. The lowest BCUT2D eigenvalue weighted by atomic mass is 9.95. The summed E-state index contributed by atoms with van der Waals surface area (Å²) in [6, 6.07) is 4.47. The minimum atomic E-state index is -0.289. The van der Waals surface area contributed by atoms with Crippen LogP contribution in [-0.2, 0) is 9.53 Å². The molecule has 2 aliphatic heterocycles. The summed E-state index contributed by atoms with van der Waals surface area (Å²) in [5, 5.41) is 3.40. The summed E-state index contributed by atoms with van der Waals surface area (Å²) >= 11 is 1.30. The summed E-state index contributed by atoms with van der Waals surface area (Å²) in [6.45, 7) is 9.70. The van der Waals surface area contributed by atoms with Gasteiger partial charge in [0, 0.05) is 19.6 Å². The van der Waals surface area contributed by atoms with Gasteiger partial charge in [0.05, 0.1) is 29.0 Å². The number of likely N-dealkylation sites (tertiary alicyclic amines) is 1. The van der Waals surface area contributed by atoms with Crippen molar-refractivity contribution in [3.8, 4) is 0 Å². The number of piperidine rings is 1. The number of aromatic nitrogens is 1. The largest absolute Gasteiger partial charge is 0.373 e. The van der Waals surface area contributed by atoms with Crippen LogP contribution in [0.15, 0.2) is 18.2 Å². The molecule has 2 atom stereocenters. The van der Waals surface area contributed by atoms with E-state index in [0.717, 1.165) is 50.3 Å². The van der Waals surface area contributed by atoms with Crippen molar-refractivity contribution in [1.29, 1.82) is 0 Å². The van der Waals surface area contributed by atoms with E-state index in [0.29, 0.717) is 35.3 Å². The molecule has 0 radical (unpaired) electrons. The van der Waals surface area contributed by atoms with Crippen LogP contribution < -0.4 is 5.32 Å². The van der Waals surface area contributed by atoms with Crippen LogP contribution in [0.25, 0.3) is 10.2 Å². The molecule has 158 valence electrons. The predicted octanol–water partition coefficient (Wildman–Crippen LogP) is 3.20. The van der Waals surface area contributed by atoms with E-state index in [-0.39, 0.29) is 11.7 Å². The van der Waals surface area contributed by atoms with Crippen molar-refractivity contribution in [1.82, 2.24) is 14.8 Å². The van der Waals surface area contributed by atoms with E-state index in [9.17, 15) is 9.18 Å². The number of ether oxygens (including phenoxy) is 1. The summed E-state index contributed by atoms with van der Waals surface area (Å²) < 4.78 is 19.9. The number of morpholine rings is 1. The summed E-state index contributed by atoms with van der Waals surface area (Å²) in [6.07, 6.45) is 2.85. The number of carbonyl (C=O) groups is 1. The van der Waals surface area contributed by atoms with Gasteiger partial charge in [0.2, 0.25) is 5.91 Å². The Kier molecular flexibility index (Phi) is 6.44. The molecular weight excluding hydrogens is 391 g/mol. The van der Waals surface area contributed by atoms with Crippen molar-refractivity contribution in [2.24, 2.45) is 5.92 Å². The second-order valence-corrected chi connectivity index (χ2v) is 9.41. The minimum Gasteiger partial charge on any atom is -0.373 e. The van der Waals surface area contributed by atoms with E-state index in [4.69, 9.17) is 4.74 Å². The van der Waals surface area contributed by atoms with Gasteiger partial charge in [0.25, 0.3) is 0 Å². The first-order valence-electron chi connectivity index (χ1n) is 10.4. The third kappa shape index (κ3) is 5.51. The van der Waals surface area contributed by atoms with Crippen molar-refractivity contribution < 1.29 is 13.9 Å². The van der Waals surface area contributed by atoms with Crippen LogP contribution in [0.4, 0.5) is 9.52 Å². The average molecular weight is 421 g/mol. The van der Waals surface area contributed by atoms with Gasteiger partial charge >= 0.3 is 0 Å². The fourth-order valence-electron chi connectivity index (χ4n) is 4.44. The van der Waals surface area contributed by atoms with E-state index in [1.807, 2.05) is 0 Å². The van der Waals surface area contributed by atoms with E-state index >= 15 is 0 Å². The standard InChI is InChI=1S/C21H29FN4O2S/c1-14-10-26(11-15(2)28-14)12-16-5-7-25(8-6-16)13-20(27)24-21-23-18-4-3-17(22)9-19(18)29-21/h3-4,9,14-16H,5-8,10-13H2,1-2H3,(H,23,24,27). The number of rotatable bonds is 5. The van der Waals surface area contributed by atoms with E-state index in [1.165, 1.54) is 23.5 Å². The Morgan fingerprint density at radius 1 is 1.24 bits per heavy atom. The van der Waals surface area contributed by atoms with E-state index in [1.54, 1.807) is 6.07 Å². The number of halogens is 1. The van der Waals surface area contributed by atoms with Gasteiger partial charge in [-0.1, -0.05) is 11.3 Å². The fourth-order valence-corrected chi connectivity index (χ4v) is 5.35. The fraction of sp³-hybridized carbons (Fsp3) is 0.619. The van der Waals surface area contributed by atoms with Gasteiger partial charge in [-0.15, -0.1) is 0 Å². The van der Waals surface area contributed by atoms with Crippen LogP contribution in [0, 0.1) is 11.7 Å². The van der Waals surface area contributed by atoms with E-state index in [2.05, 4.69) is 33.9 Å². The summed E-state index contributed by atoms with van der Waals surface area (Å²) in [5.41, 5.74) is 0.708. The SMILES string of the molecule is CC1CN(CC2CCN(CC(=O)Nc3nc4ccc(F)cc4s3)CC2)CC(C)O1. The maximum Gasteiger partial charge on any atom is 0.240 e. The zero-order valence-corrected chi connectivity index (χ0v) is 17.9. The lowest BCUT2D eigenvalue weighted by Gasteiger charge is -2.39. The van der Waals surface area contributed by atoms with Gasteiger partial charge in [0.1, 0.15) is 5.82 Å². The molecule has 1 aromatic heterocycles. The highest BCUT2D eigenvalue weighted by Crippen LogP contribution is 2.26. The zero-order valence-electron chi connectivity index (χ0n) is 17.1. The number of amides is 1. The van der Waals surface area contributed by atoms with Gasteiger partial charge in [0.15, 0.2) is 5.13 Å². The second-order valence-electron chi connectivity index (χ2n) is 8.37. The molecule has 29 heavy (non-hydrogen) atoms. The normalized spacial score (nSPS) is 24.8. The lowest BCUT2D eigenvalue weighted by molar-refractivity contribution is -0.117. The monoisotopic (exact) mass is 420 g/mol. The number of carbonyl (C=O) groups excluding carboxylic acids is 1. The molecule has 2 unspecified atom stereocenters. The van der Waals surface area contributed by atoms with Crippen molar-refractivity contribution in [3.63, 3.8) is 0 Å². The lowest BCUT2D eigenvalue weighted by Crippen LogP contribution is -2.48. The topological polar surface area (TPSA) is 57.7 Å². The number of nitrogens with one attached hydrogen (secondary N) is 1. The Morgan fingerprint density at radius 2 is 1.97 bits per heavy atom. The molecule has 1 aromatic carbocycles. The summed E-state index contributed by atoms with van der Waals surface area (Å²) in [4.78, 5) is 21.5. The quantitative estimate of drug-likeness (QED) is 0.805. The van der Waals surface area contributed by atoms with Gasteiger partial charge in [-0.25, -0.2) is 9.37 Å². The van der Waals surface area contributed by atoms with Crippen LogP contribution in [0.2, 0.25) is 0 Å². The van der Waals surface area contributed by atoms with Crippen molar-refractivity contribution in [3.05, 3.63) is 24.0 Å². The molecule has 0 aliphatic carbocycles. The maximum atomic E-state index is 13.3. The Morgan fingerprint density at radius 3 is 2.69 bits per heavy atom. The number of hydrogen-bond acceptors (Lipinski definition) is 6. The Bertz CT molecular complexity index is 842. The number of hydrogen-bond donors (Lipinski definition) is 1. The van der Waals surface area contributed by atoms with Crippen LogP contribution in [0.3, 0.4) is 0 Å². The van der Waals surface area contributed by atoms with Crippen LogP contribution in [-0.4, -0.2) is 72.2 Å². The number of fused-ring (bicyclic) bond motifs is 1. The maximum absolute atomic E-state index is 13.3. The highest BCUT2D eigenvalue weighted by atomic mass is 32.1. The van der Waals surface area contributed by atoms with Crippen LogP contribution in [0.1, 0.15) is 26.7 Å². The first-order valence-corrected chi connectivity index (χ1v) is 11.2. The van der Waals surface area contributed by atoms with Crippen LogP contribution >= 0.6 is 11.3 Å². The van der Waals surface area contributed by atoms with E-state index < -0.39 is 0 Å². The van der Waals surface area contributed by atoms with Gasteiger partial charge in [-0.2, -0.15) is 0 Å². The molecule has 8 heteroatoms. The molecule has 6 nitrogen and oxygen atoms in total. The molecule has 1 N–H and O–H groups in total. The third-order valence-corrected chi connectivity index (χ3v) is 6.62. The van der Waals surface area contributed by atoms with Crippen molar-refractivity contribution >= 4 is 32.6 Å². The van der Waals surface area contributed by atoms with Gasteiger partial charge in [-0.3, -0.25) is 14.6 Å². The Labute approximate surface area is 175 Å². The third-order valence-electron chi connectivity index (χ3n) is 5.68. The summed E-state index contributed by atoms with van der Waals surface area (Å²) in [5.74, 6) is 0.340. The molecule has 0 spiro atoms. The Hall–Kier alpha value is -1.61. The molecule has 3 heterocycles. The molecule has 0 saturated carbocycles. The molecule has 2 fully saturated rings. The predicted molar refractivity (Wildman–Crippen MR) is 114 cm³/mol. The Balaban J connectivity index is 1.22.